The zero-order valence-corrected chi connectivity index (χ0v) is 23.8. The third-order valence-electron chi connectivity index (χ3n) is 7.89. The van der Waals surface area contributed by atoms with Crippen LogP contribution in [0.15, 0.2) is 126 Å². The van der Waals surface area contributed by atoms with Gasteiger partial charge in [-0.05, 0) is 71.0 Å². The van der Waals surface area contributed by atoms with Crippen LogP contribution in [0.1, 0.15) is 31.9 Å². The molecule has 0 spiro atoms. The van der Waals surface area contributed by atoms with Gasteiger partial charge in [0.05, 0.1) is 22.3 Å². The predicted molar refractivity (Wildman–Crippen MR) is 171 cm³/mol. The smallest absolute Gasteiger partial charge is 0.149 e. The zero-order valence-electron chi connectivity index (χ0n) is 23.8. The molecule has 7 rings (SSSR count). The summed E-state index contributed by atoms with van der Waals surface area (Å²) in [6.45, 7) is 8.91. The van der Waals surface area contributed by atoms with E-state index in [0.29, 0.717) is 0 Å². The van der Waals surface area contributed by atoms with Gasteiger partial charge in [0.15, 0.2) is 0 Å². The maximum Gasteiger partial charge on any atom is 0.149 e. The van der Waals surface area contributed by atoms with E-state index in [1.807, 2.05) is 6.26 Å². The molecule has 0 saturated heterocycles. The van der Waals surface area contributed by atoms with Gasteiger partial charge in [-0.3, -0.25) is 4.57 Å². The summed E-state index contributed by atoms with van der Waals surface area (Å²) in [5.74, 6) is 0.870. The van der Waals surface area contributed by atoms with Crippen molar-refractivity contribution in [3.8, 4) is 39.3 Å². The van der Waals surface area contributed by atoms with Crippen molar-refractivity contribution in [3.05, 3.63) is 133 Å². The van der Waals surface area contributed by atoms with Crippen LogP contribution >= 0.6 is 0 Å². The molecule has 0 N–H and O–H groups in total. The van der Waals surface area contributed by atoms with Crippen molar-refractivity contribution in [1.29, 1.82) is 0 Å². The van der Waals surface area contributed by atoms with Crippen LogP contribution in [0.25, 0.3) is 61.3 Å². The fraction of sp³-hybridized carbons (Fsp3) is 0.132. The summed E-state index contributed by atoms with van der Waals surface area (Å²) in [7, 11) is 0. The second kappa shape index (κ2) is 9.64. The summed E-state index contributed by atoms with van der Waals surface area (Å²) in [4.78, 5) is 5.27. The molecule has 2 aromatic heterocycles. The molecule has 41 heavy (non-hydrogen) atoms. The molecule has 0 atom stereocenters. The van der Waals surface area contributed by atoms with Crippen molar-refractivity contribution in [2.24, 2.45) is 0 Å². The van der Waals surface area contributed by atoms with Gasteiger partial charge >= 0.3 is 0 Å². The molecule has 3 nitrogen and oxygen atoms in total. The Morgan fingerprint density at radius 2 is 1.27 bits per heavy atom. The van der Waals surface area contributed by atoms with Gasteiger partial charge in [0.25, 0.3) is 0 Å². The quantitative estimate of drug-likeness (QED) is 0.226. The maximum absolute atomic E-state index is 6.15. The number of hydrogen-bond acceptors (Lipinski definition) is 2. The summed E-state index contributed by atoms with van der Waals surface area (Å²) in [5.41, 5.74) is 12.1. The highest BCUT2D eigenvalue weighted by Gasteiger charge is 2.24. The molecular weight excluding hydrogens is 500 g/mol. The van der Waals surface area contributed by atoms with Crippen LogP contribution in [0.2, 0.25) is 0 Å². The van der Waals surface area contributed by atoms with E-state index in [2.05, 4.69) is 148 Å². The van der Waals surface area contributed by atoms with Gasteiger partial charge in [0, 0.05) is 16.5 Å². The van der Waals surface area contributed by atoms with Gasteiger partial charge in [0.2, 0.25) is 0 Å². The first-order valence-corrected chi connectivity index (χ1v) is 14.1. The Morgan fingerprint density at radius 3 is 1.90 bits per heavy atom. The number of hydrogen-bond donors (Lipinski definition) is 0. The minimum absolute atomic E-state index is 0.0147. The Hall–Kier alpha value is -4.89. The summed E-state index contributed by atoms with van der Waals surface area (Å²) in [5, 5.41) is 1.07. The molecule has 0 saturated carbocycles. The van der Waals surface area contributed by atoms with E-state index in [0.717, 1.165) is 50.2 Å². The van der Waals surface area contributed by atoms with Crippen molar-refractivity contribution in [1.82, 2.24) is 9.55 Å². The fourth-order valence-corrected chi connectivity index (χ4v) is 5.80. The SMILES string of the molecule is Cc1cc(-c2ccccc2)c(-n2c(-c3coc4ccc(C(C)(C)C)cc34)nc3ccccc32)c(-c2ccccc2)c1. The first-order chi connectivity index (χ1) is 19.9. The molecule has 200 valence electrons. The lowest BCUT2D eigenvalue weighted by Gasteiger charge is -2.21. The number of benzene rings is 5. The topological polar surface area (TPSA) is 31.0 Å². The number of aromatic nitrogens is 2. The third kappa shape index (κ3) is 4.35. The minimum atomic E-state index is 0.0147. The van der Waals surface area contributed by atoms with Crippen LogP contribution in [0.3, 0.4) is 0 Å². The second-order valence-corrected chi connectivity index (χ2v) is 11.8. The number of para-hydroxylation sites is 2. The number of imidazole rings is 1. The molecule has 0 fully saturated rings. The van der Waals surface area contributed by atoms with E-state index < -0.39 is 0 Å². The normalized spacial score (nSPS) is 11.9. The van der Waals surface area contributed by atoms with Gasteiger partial charge in [-0.2, -0.15) is 0 Å². The lowest BCUT2D eigenvalue weighted by atomic mass is 9.86. The van der Waals surface area contributed by atoms with Crippen molar-refractivity contribution in [3.63, 3.8) is 0 Å². The number of nitrogens with zero attached hydrogens (tertiary/aromatic N) is 2. The van der Waals surface area contributed by atoms with E-state index in [-0.39, 0.29) is 5.41 Å². The first kappa shape index (κ1) is 25.1. The minimum Gasteiger partial charge on any atom is -0.464 e. The van der Waals surface area contributed by atoms with E-state index in [1.165, 1.54) is 22.3 Å². The van der Waals surface area contributed by atoms with Crippen LogP contribution in [0.4, 0.5) is 0 Å². The van der Waals surface area contributed by atoms with Crippen molar-refractivity contribution >= 4 is 22.0 Å². The maximum atomic E-state index is 6.15. The molecule has 0 amide bonds. The van der Waals surface area contributed by atoms with Crippen molar-refractivity contribution in [2.75, 3.05) is 0 Å². The van der Waals surface area contributed by atoms with Gasteiger partial charge < -0.3 is 4.42 Å². The molecule has 2 heterocycles. The molecule has 7 aromatic rings. The standard InChI is InChI=1S/C38H32N2O/c1-25-21-29(26-13-7-5-8-14-26)36(30(22-25)27-15-9-6-10-16-27)40-34-18-12-11-17-33(34)39-37(40)32-24-41-35-20-19-28(23-31(32)35)38(2,3)4/h5-24H,1-4H3. The highest BCUT2D eigenvalue weighted by atomic mass is 16.3. The summed E-state index contributed by atoms with van der Waals surface area (Å²) >= 11 is 0. The van der Waals surface area contributed by atoms with E-state index >= 15 is 0 Å². The molecule has 0 aliphatic rings. The molecule has 0 bridgehead atoms. The van der Waals surface area contributed by atoms with Crippen LogP contribution in [-0.4, -0.2) is 9.55 Å². The molecule has 0 aliphatic carbocycles. The van der Waals surface area contributed by atoms with Gasteiger partial charge in [-0.25, -0.2) is 4.98 Å². The Balaban J connectivity index is 1.62. The average molecular weight is 533 g/mol. The van der Waals surface area contributed by atoms with Crippen LogP contribution < -0.4 is 0 Å². The van der Waals surface area contributed by atoms with E-state index in [4.69, 9.17) is 9.40 Å². The first-order valence-electron chi connectivity index (χ1n) is 14.1. The number of furan rings is 1. The van der Waals surface area contributed by atoms with Crippen LogP contribution in [0, 0.1) is 6.92 Å². The van der Waals surface area contributed by atoms with E-state index in [9.17, 15) is 0 Å². The average Bonchev–Trinajstić information content (AvgIpc) is 3.58. The van der Waals surface area contributed by atoms with Gasteiger partial charge in [-0.1, -0.05) is 99.6 Å². The molecular formula is C38H32N2O. The Labute approximate surface area is 240 Å². The summed E-state index contributed by atoms with van der Waals surface area (Å²) in [6, 6.07) is 40.8. The monoisotopic (exact) mass is 532 g/mol. The number of fused-ring (bicyclic) bond motifs is 2. The van der Waals surface area contributed by atoms with Gasteiger partial charge in [0.1, 0.15) is 17.7 Å². The number of aryl methyl sites for hydroxylation is 1. The zero-order chi connectivity index (χ0) is 28.1. The summed E-state index contributed by atoms with van der Waals surface area (Å²) < 4.78 is 8.49. The Bertz CT molecular complexity index is 1960. The van der Waals surface area contributed by atoms with Crippen molar-refractivity contribution in [2.45, 2.75) is 33.1 Å². The van der Waals surface area contributed by atoms with Crippen LogP contribution in [-0.2, 0) is 5.41 Å². The molecule has 5 aromatic carbocycles. The lowest BCUT2D eigenvalue weighted by Crippen LogP contribution is -2.10. The molecule has 3 heteroatoms. The van der Waals surface area contributed by atoms with Gasteiger partial charge in [-0.15, -0.1) is 0 Å². The highest BCUT2D eigenvalue weighted by Crippen LogP contribution is 2.43. The number of rotatable bonds is 4. The largest absolute Gasteiger partial charge is 0.464 e. The fourth-order valence-electron chi connectivity index (χ4n) is 5.80. The molecule has 0 unspecified atom stereocenters. The second-order valence-electron chi connectivity index (χ2n) is 11.8. The van der Waals surface area contributed by atoms with Crippen molar-refractivity contribution < 1.29 is 4.42 Å². The molecule has 0 radical (unpaired) electrons. The lowest BCUT2D eigenvalue weighted by molar-refractivity contribution is 0.589. The third-order valence-corrected chi connectivity index (χ3v) is 7.89. The predicted octanol–water partition coefficient (Wildman–Crippen LogP) is 10.4. The van der Waals surface area contributed by atoms with Crippen LogP contribution in [0.5, 0.6) is 0 Å². The highest BCUT2D eigenvalue weighted by molar-refractivity contribution is 5.98. The summed E-state index contributed by atoms with van der Waals surface area (Å²) in [6.07, 6.45) is 1.87. The Kier molecular flexibility index (Phi) is 5.90. The molecule has 0 aliphatic heterocycles. The Morgan fingerprint density at radius 1 is 0.659 bits per heavy atom. The van der Waals surface area contributed by atoms with E-state index in [1.54, 1.807) is 0 Å².